The van der Waals surface area contributed by atoms with Crippen LogP contribution < -0.4 is 4.74 Å². The first-order valence-electron chi connectivity index (χ1n) is 6.81. The molecular formula is C17H15N3O. The average Bonchev–Trinajstić information content (AvgIpc) is 2.90. The van der Waals surface area contributed by atoms with E-state index in [-0.39, 0.29) is 6.10 Å². The molecule has 0 saturated heterocycles. The highest BCUT2D eigenvalue weighted by Crippen LogP contribution is 2.23. The topological polar surface area (TPSA) is 50.3 Å². The second kappa shape index (κ2) is 5.29. The van der Waals surface area contributed by atoms with Gasteiger partial charge in [0.25, 0.3) is 0 Å². The molecule has 3 rings (SSSR count). The van der Waals surface area contributed by atoms with Gasteiger partial charge in [0.2, 0.25) is 0 Å². The fourth-order valence-electron chi connectivity index (χ4n) is 2.17. The van der Waals surface area contributed by atoms with Crippen LogP contribution in [-0.2, 0) is 0 Å². The summed E-state index contributed by atoms with van der Waals surface area (Å²) < 4.78 is 7.50. The zero-order chi connectivity index (χ0) is 14.8. The fourth-order valence-corrected chi connectivity index (χ4v) is 2.17. The molecule has 0 spiro atoms. The summed E-state index contributed by atoms with van der Waals surface area (Å²) in [7, 11) is 0. The van der Waals surface area contributed by atoms with E-state index in [1.165, 1.54) is 0 Å². The molecule has 0 unspecified atom stereocenters. The van der Waals surface area contributed by atoms with E-state index in [0.29, 0.717) is 5.56 Å². The van der Waals surface area contributed by atoms with Gasteiger partial charge in [-0.15, -0.1) is 0 Å². The van der Waals surface area contributed by atoms with E-state index in [2.05, 4.69) is 11.1 Å². The zero-order valence-electron chi connectivity index (χ0n) is 11.9. The van der Waals surface area contributed by atoms with Crippen LogP contribution in [0.15, 0.2) is 48.8 Å². The number of hydrogen-bond donors (Lipinski definition) is 0. The molecule has 2 aromatic heterocycles. The Bertz CT molecular complexity index is 810. The molecule has 2 heterocycles. The van der Waals surface area contributed by atoms with Crippen molar-refractivity contribution in [2.45, 2.75) is 20.0 Å². The maximum Gasteiger partial charge on any atom is 0.137 e. The van der Waals surface area contributed by atoms with E-state index in [1.807, 2.05) is 54.8 Å². The summed E-state index contributed by atoms with van der Waals surface area (Å²) >= 11 is 0. The number of nitrogens with zero attached hydrogens (tertiary/aromatic N) is 3. The Kier molecular flexibility index (Phi) is 3.33. The molecule has 1 aromatic carbocycles. The Labute approximate surface area is 123 Å². The van der Waals surface area contributed by atoms with Crippen LogP contribution in [0.1, 0.15) is 19.4 Å². The van der Waals surface area contributed by atoms with E-state index in [0.717, 1.165) is 22.7 Å². The molecule has 0 N–H and O–H groups in total. The van der Waals surface area contributed by atoms with Crippen molar-refractivity contribution in [1.29, 1.82) is 5.26 Å². The van der Waals surface area contributed by atoms with Gasteiger partial charge >= 0.3 is 0 Å². The van der Waals surface area contributed by atoms with Crippen LogP contribution in [-0.4, -0.2) is 15.5 Å². The first kappa shape index (κ1) is 13.2. The number of ether oxygens (including phenoxy) is 1. The summed E-state index contributed by atoms with van der Waals surface area (Å²) in [6, 6.07) is 13.6. The molecule has 4 nitrogen and oxygen atoms in total. The molecule has 4 heteroatoms. The largest absolute Gasteiger partial charge is 0.491 e. The van der Waals surface area contributed by atoms with E-state index in [4.69, 9.17) is 10.00 Å². The number of benzene rings is 1. The number of rotatable bonds is 3. The summed E-state index contributed by atoms with van der Waals surface area (Å²) in [6.45, 7) is 4.01. The number of hydrogen-bond acceptors (Lipinski definition) is 3. The molecule has 0 aliphatic carbocycles. The number of fused-ring (bicyclic) bond motifs is 1. The van der Waals surface area contributed by atoms with Crippen LogP contribution in [0, 0.1) is 11.3 Å². The first-order valence-corrected chi connectivity index (χ1v) is 6.81. The molecule has 0 atom stereocenters. The third-order valence-electron chi connectivity index (χ3n) is 3.10. The first-order chi connectivity index (χ1) is 10.2. The Hall–Kier alpha value is -2.80. The second-order valence-electron chi connectivity index (χ2n) is 5.11. The van der Waals surface area contributed by atoms with E-state index >= 15 is 0 Å². The van der Waals surface area contributed by atoms with E-state index in [1.54, 1.807) is 12.3 Å². The van der Waals surface area contributed by atoms with Gasteiger partial charge in [-0.1, -0.05) is 0 Å². The lowest BCUT2D eigenvalue weighted by Crippen LogP contribution is -2.05. The minimum atomic E-state index is 0.162. The van der Waals surface area contributed by atoms with Crippen molar-refractivity contribution in [3.05, 3.63) is 54.4 Å². The highest BCUT2D eigenvalue weighted by molar-refractivity contribution is 5.63. The standard InChI is InChI=1S/C17H15N3O/c1-12(2)21-15-6-4-14(5-7-15)16-11-20-10-13(9-18)3-8-17(20)19-16/h3-8,10-12H,1-2H3. The molecule has 0 aliphatic rings. The Morgan fingerprint density at radius 2 is 1.86 bits per heavy atom. The van der Waals surface area contributed by atoms with Gasteiger partial charge in [-0.2, -0.15) is 5.26 Å². The lowest BCUT2D eigenvalue weighted by atomic mass is 10.1. The summed E-state index contributed by atoms with van der Waals surface area (Å²) in [4.78, 5) is 4.56. The maximum absolute atomic E-state index is 8.93. The van der Waals surface area contributed by atoms with Gasteiger partial charge in [0.05, 0.1) is 17.4 Å². The van der Waals surface area contributed by atoms with Crippen LogP contribution in [0.3, 0.4) is 0 Å². The average molecular weight is 277 g/mol. The monoisotopic (exact) mass is 277 g/mol. The summed E-state index contributed by atoms with van der Waals surface area (Å²) in [6.07, 6.45) is 3.87. The number of pyridine rings is 1. The van der Waals surface area contributed by atoms with Gasteiger partial charge in [-0.05, 0) is 50.2 Å². The van der Waals surface area contributed by atoms with Crippen LogP contribution in [0.4, 0.5) is 0 Å². The second-order valence-corrected chi connectivity index (χ2v) is 5.11. The molecule has 0 aliphatic heterocycles. The van der Waals surface area contributed by atoms with Crippen LogP contribution >= 0.6 is 0 Å². The quantitative estimate of drug-likeness (QED) is 0.734. The van der Waals surface area contributed by atoms with Crippen molar-refractivity contribution in [1.82, 2.24) is 9.38 Å². The minimum Gasteiger partial charge on any atom is -0.491 e. The van der Waals surface area contributed by atoms with Gasteiger partial charge in [0.15, 0.2) is 0 Å². The SMILES string of the molecule is CC(C)Oc1ccc(-c2cn3cc(C#N)ccc3n2)cc1. The summed E-state index contributed by atoms with van der Waals surface area (Å²) in [5, 5.41) is 8.93. The molecule has 0 radical (unpaired) electrons. The van der Waals surface area contributed by atoms with Gasteiger partial charge in [0.1, 0.15) is 17.5 Å². The lowest BCUT2D eigenvalue weighted by Gasteiger charge is -2.09. The van der Waals surface area contributed by atoms with Crippen LogP contribution in [0.5, 0.6) is 5.75 Å². The Balaban J connectivity index is 1.94. The maximum atomic E-state index is 8.93. The van der Waals surface area contributed by atoms with Crippen LogP contribution in [0.2, 0.25) is 0 Å². The predicted molar refractivity (Wildman–Crippen MR) is 81.1 cm³/mol. The van der Waals surface area contributed by atoms with Crippen molar-refractivity contribution in [2.24, 2.45) is 0 Å². The normalized spacial score (nSPS) is 10.8. The predicted octanol–water partition coefficient (Wildman–Crippen LogP) is 3.66. The Morgan fingerprint density at radius 3 is 2.52 bits per heavy atom. The summed E-state index contributed by atoms with van der Waals surface area (Å²) in [5.74, 6) is 0.851. The van der Waals surface area contributed by atoms with Crippen molar-refractivity contribution >= 4 is 5.65 Å². The molecule has 0 amide bonds. The van der Waals surface area contributed by atoms with Gasteiger partial charge in [0, 0.05) is 18.0 Å². The summed E-state index contributed by atoms with van der Waals surface area (Å²) in [5.41, 5.74) is 3.34. The Morgan fingerprint density at radius 1 is 1.10 bits per heavy atom. The molecule has 104 valence electrons. The zero-order valence-corrected chi connectivity index (χ0v) is 11.9. The molecular weight excluding hydrogens is 262 g/mol. The minimum absolute atomic E-state index is 0.162. The van der Waals surface area contributed by atoms with Crippen LogP contribution in [0.25, 0.3) is 16.9 Å². The molecule has 0 bridgehead atoms. The van der Waals surface area contributed by atoms with Gasteiger partial charge < -0.3 is 9.14 Å². The lowest BCUT2D eigenvalue weighted by molar-refractivity contribution is 0.242. The van der Waals surface area contributed by atoms with Crippen molar-refractivity contribution in [3.8, 4) is 23.1 Å². The van der Waals surface area contributed by atoms with E-state index < -0.39 is 0 Å². The van der Waals surface area contributed by atoms with Crippen molar-refractivity contribution in [2.75, 3.05) is 0 Å². The van der Waals surface area contributed by atoms with Gasteiger partial charge in [-0.25, -0.2) is 4.98 Å². The molecule has 3 aromatic rings. The fraction of sp³-hybridized carbons (Fsp3) is 0.176. The number of aromatic nitrogens is 2. The van der Waals surface area contributed by atoms with Crippen molar-refractivity contribution < 1.29 is 4.74 Å². The molecule has 0 fully saturated rings. The smallest absolute Gasteiger partial charge is 0.137 e. The highest BCUT2D eigenvalue weighted by atomic mass is 16.5. The van der Waals surface area contributed by atoms with Gasteiger partial charge in [-0.3, -0.25) is 0 Å². The number of nitriles is 1. The highest BCUT2D eigenvalue weighted by Gasteiger charge is 2.06. The number of imidazole rings is 1. The van der Waals surface area contributed by atoms with Crippen molar-refractivity contribution in [3.63, 3.8) is 0 Å². The third-order valence-corrected chi connectivity index (χ3v) is 3.10. The molecule has 21 heavy (non-hydrogen) atoms. The third kappa shape index (κ3) is 2.72. The van der Waals surface area contributed by atoms with E-state index in [9.17, 15) is 0 Å². The molecule has 0 saturated carbocycles.